The Morgan fingerprint density at radius 3 is 2.01 bits per heavy atom. The van der Waals surface area contributed by atoms with Gasteiger partial charge in [0, 0.05) is 37.1 Å². The molecule has 25 nitrogen and oxygen atoms in total. The summed E-state index contributed by atoms with van der Waals surface area (Å²) in [6, 6.07) is 0. The van der Waals surface area contributed by atoms with Gasteiger partial charge in [-0.3, -0.25) is 37.3 Å². The molecule has 0 saturated carbocycles. The highest BCUT2D eigenvalue weighted by atomic mass is 32.2. The molecule has 3 rings (SSSR count). The molecular weight excluding hydrogens is 1050 g/mol. The molecule has 7 unspecified atom stereocenters. The summed E-state index contributed by atoms with van der Waals surface area (Å²) in [7, 11) is -16.5. The molecule has 0 aliphatic carbocycles. The van der Waals surface area contributed by atoms with E-state index in [-0.39, 0.29) is 66.0 Å². The lowest BCUT2D eigenvalue weighted by Gasteiger charge is -2.30. The molecule has 2 aromatic heterocycles. The van der Waals surface area contributed by atoms with Crippen molar-refractivity contribution in [2.24, 2.45) is 5.41 Å². The third kappa shape index (κ3) is 24.6. The maximum atomic E-state index is 12.8. The second kappa shape index (κ2) is 32.3. The van der Waals surface area contributed by atoms with Gasteiger partial charge in [-0.15, -0.1) is 0 Å². The fourth-order valence-electron chi connectivity index (χ4n) is 6.48. The molecule has 7 atom stereocenters. The van der Waals surface area contributed by atoms with E-state index in [2.05, 4.69) is 96.0 Å². The molecule has 29 heteroatoms. The number of nitrogens with two attached hydrogens (primary N) is 1. The van der Waals surface area contributed by atoms with Crippen molar-refractivity contribution in [3.63, 3.8) is 0 Å². The highest BCUT2D eigenvalue weighted by molar-refractivity contribution is 8.13. The number of Topliss-reactive ketones (excluding diaryl/α,β-unsaturated/α-hetero) is 1. The molecular formula is C45H68N7O18P3S. The summed E-state index contributed by atoms with van der Waals surface area (Å²) < 4.78 is 62.4. The number of allylic oxidation sites excluding steroid dienone is 12. The first kappa shape index (κ1) is 64.0. The molecule has 1 saturated heterocycles. The quantitative estimate of drug-likeness (QED) is 0.0187. The number of aromatic nitrogens is 4. The SMILES string of the molecule is CCC=CCC=CCC=CCC=CCC=CCC=CCCC(=O)CC(=O)SCCNC(=O)CCNC(=O)C(O)C(C)(C)COP(=O)(O)OP(=O)(O)OCC1OC(n2cnc3c(N)ncnc32)C(O)C1OP(=O)(O)O. The van der Waals surface area contributed by atoms with Crippen LogP contribution in [0.2, 0.25) is 0 Å². The van der Waals surface area contributed by atoms with Crippen LogP contribution in [0.25, 0.3) is 11.2 Å². The fraction of sp³-hybridized carbons (Fsp3) is 0.533. The molecule has 412 valence electrons. The molecule has 0 aromatic carbocycles. The van der Waals surface area contributed by atoms with Crippen LogP contribution in [0, 0.1) is 5.41 Å². The number of fused-ring (bicyclic) bond motifs is 1. The summed E-state index contributed by atoms with van der Waals surface area (Å²) in [4.78, 5) is 101. The number of ketones is 1. The Hall–Kier alpha value is -4.33. The molecule has 10 N–H and O–H groups in total. The number of thioether (sulfide) groups is 1. The molecule has 0 spiro atoms. The van der Waals surface area contributed by atoms with Gasteiger partial charge in [0.25, 0.3) is 0 Å². The number of aliphatic hydroxyl groups excluding tert-OH is 2. The van der Waals surface area contributed by atoms with Crippen molar-refractivity contribution in [1.82, 2.24) is 30.2 Å². The second-order valence-corrected chi connectivity index (χ2v) is 22.3. The monoisotopic (exact) mass is 1120 g/mol. The Morgan fingerprint density at radius 2 is 1.42 bits per heavy atom. The number of amides is 2. The summed E-state index contributed by atoms with van der Waals surface area (Å²) in [5, 5.41) is 26.2. The number of rotatable bonds is 35. The first-order valence-corrected chi connectivity index (χ1v) is 28.9. The largest absolute Gasteiger partial charge is 0.481 e. The van der Waals surface area contributed by atoms with Crippen LogP contribution >= 0.6 is 35.2 Å². The standard InChI is InChI=1S/C45H68N7O18P3S/c1-4-5-6-7-8-9-10-11-12-13-14-15-16-17-18-19-20-21-22-23-33(53)28-36(55)74-27-26-47-35(54)24-25-48-43(58)40(57)45(2,3)30-67-73(64,65)70-72(62,63)66-29-34-39(69-71(59,60)61)38(56)44(68-34)52-32-51-37-41(46)49-31-50-42(37)52/h5-6,8-9,11-12,14-15,17-18,20-21,31-32,34,38-40,44,56-57H,4,7,10,13,16,19,22-30H2,1-3H3,(H,47,54)(H,48,58)(H,62,63)(H,64,65)(H2,46,49,50)(H2,59,60,61). The molecule has 3 heterocycles. The lowest BCUT2D eigenvalue weighted by Crippen LogP contribution is -2.46. The lowest BCUT2D eigenvalue weighted by molar-refractivity contribution is -0.137. The number of hydrogen-bond donors (Lipinski definition) is 9. The zero-order valence-corrected chi connectivity index (χ0v) is 44.8. The average molecular weight is 1120 g/mol. The molecule has 2 aromatic rings. The lowest BCUT2D eigenvalue weighted by atomic mass is 9.87. The van der Waals surface area contributed by atoms with Gasteiger partial charge in [-0.25, -0.2) is 28.6 Å². The van der Waals surface area contributed by atoms with E-state index in [0.717, 1.165) is 67.5 Å². The van der Waals surface area contributed by atoms with Gasteiger partial charge >= 0.3 is 23.5 Å². The smallest absolute Gasteiger partial charge is 0.386 e. The second-order valence-electron chi connectivity index (χ2n) is 17.0. The summed E-state index contributed by atoms with van der Waals surface area (Å²) in [5.74, 6) is -1.54. The Bertz CT molecular complexity index is 2480. The van der Waals surface area contributed by atoms with Gasteiger partial charge < -0.3 is 50.9 Å². The van der Waals surface area contributed by atoms with Gasteiger partial charge in [-0.1, -0.05) is 105 Å². The van der Waals surface area contributed by atoms with Crippen molar-refractivity contribution < 1.29 is 85.3 Å². The number of ether oxygens (including phenoxy) is 1. The Kier molecular flexibility index (Phi) is 27.9. The minimum atomic E-state index is -5.60. The van der Waals surface area contributed by atoms with E-state index in [9.17, 15) is 62.7 Å². The molecule has 1 aliphatic heterocycles. The van der Waals surface area contributed by atoms with Crippen LogP contribution in [0.1, 0.15) is 91.2 Å². The Morgan fingerprint density at radius 1 is 0.838 bits per heavy atom. The number of phosphoric acid groups is 3. The maximum Gasteiger partial charge on any atom is 0.481 e. The van der Waals surface area contributed by atoms with Crippen LogP contribution in [-0.2, 0) is 55.5 Å². The van der Waals surface area contributed by atoms with E-state index in [1.807, 2.05) is 18.2 Å². The number of anilines is 1. The van der Waals surface area contributed by atoms with Crippen molar-refractivity contribution in [2.45, 2.75) is 116 Å². The predicted octanol–water partition coefficient (Wildman–Crippen LogP) is 5.10. The zero-order chi connectivity index (χ0) is 54.8. The fourth-order valence-corrected chi connectivity index (χ4v) is 10.0. The third-order valence-corrected chi connectivity index (χ3v) is 14.3. The Labute approximate surface area is 433 Å². The van der Waals surface area contributed by atoms with Gasteiger partial charge in [-0.05, 0) is 44.9 Å². The number of nitrogens with one attached hydrogen (secondary N) is 2. The van der Waals surface area contributed by atoms with Gasteiger partial charge in [0.1, 0.15) is 42.0 Å². The number of hydrogen-bond acceptors (Lipinski definition) is 19. The number of carbonyl (C=O) groups excluding carboxylic acids is 4. The van der Waals surface area contributed by atoms with Crippen LogP contribution in [0.3, 0.4) is 0 Å². The third-order valence-electron chi connectivity index (χ3n) is 10.3. The number of carbonyl (C=O) groups is 4. The topological polar surface area (TPSA) is 381 Å². The average Bonchev–Trinajstić information content (AvgIpc) is 3.89. The molecule has 0 bridgehead atoms. The van der Waals surface area contributed by atoms with Crippen LogP contribution in [0.5, 0.6) is 0 Å². The van der Waals surface area contributed by atoms with E-state index in [0.29, 0.717) is 6.42 Å². The molecule has 2 amide bonds. The summed E-state index contributed by atoms with van der Waals surface area (Å²) in [6.07, 6.45) is 24.0. The van der Waals surface area contributed by atoms with Crippen LogP contribution in [0.4, 0.5) is 5.82 Å². The molecule has 1 fully saturated rings. The first-order chi connectivity index (χ1) is 34.9. The number of nitrogen functional groups attached to an aromatic ring is 1. The summed E-state index contributed by atoms with van der Waals surface area (Å²) in [5.41, 5.74) is 4.23. The van der Waals surface area contributed by atoms with Gasteiger partial charge in [0.15, 0.2) is 22.8 Å². The summed E-state index contributed by atoms with van der Waals surface area (Å²) >= 11 is 0.903. The minimum Gasteiger partial charge on any atom is -0.386 e. The van der Waals surface area contributed by atoms with Crippen molar-refractivity contribution in [3.05, 3.63) is 85.6 Å². The normalized spacial score (nSPS) is 19.9. The summed E-state index contributed by atoms with van der Waals surface area (Å²) in [6.45, 7) is 2.39. The Balaban J connectivity index is 1.28. The number of nitrogens with zero attached hydrogens (tertiary/aromatic N) is 4. The molecule has 0 radical (unpaired) electrons. The zero-order valence-electron chi connectivity index (χ0n) is 41.3. The van der Waals surface area contributed by atoms with Crippen molar-refractivity contribution in [3.8, 4) is 0 Å². The van der Waals surface area contributed by atoms with Crippen LogP contribution in [0.15, 0.2) is 85.6 Å². The highest BCUT2D eigenvalue weighted by Gasteiger charge is 2.50. The van der Waals surface area contributed by atoms with E-state index >= 15 is 0 Å². The van der Waals surface area contributed by atoms with Crippen LogP contribution < -0.4 is 16.4 Å². The van der Waals surface area contributed by atoms with E-state index in [1.54, 1.807) is 0 Å². The van der Waals surface area contributed by atoms with Gasteiger partial charge in [0.2, 0.25) is 11.8 Å². The van der Waals surface area contributed by atoms with E-state index < -0.39 is 84.6 Å². The number of aliphatic hydroxyl groups is 2. The van der Waals surface area contributed by atoms with Crippen molar-refractivity contribution in [1.29, 1.82) is 0 Å². The number of phosphoric ester groups is 3. The van der Waals surface area contributed by atoms with Gasteiger partial charge in [0.05, 0.1) is 26.0 Å². The highest BCUT2D eigenvalue weighted by Crippen LogP contribution is 2.61. The van der Waals surface area contributed by atoms with Crippen molar-refractivity contribution in [2.75, 3.05) is 37.8 Å². The molecule has 1 aliphatic rings. The van der Waals surface area contributed by atoms with Gasteiger partial charge in [-0.2, -0.15) is 4.31 Å². The van der Waals surface area contributed by atoms with E-state index in [4.69, 9.17) is 19.5 Å². The van der Waals surface area contributed by atoms with E-state index in [1.165, 1.54) is 13.8 Å². The molecule has 74 heavy (non-hydrogen) atoms. The maximum absolute atomic E-state index is 12.8. The predicted molar refractivity (Wildman–Crippen MR) is 274 cm³/mol. The minimum absolute atomic E-state index is 0.0224. The number of imidazole rings is 1. The first-order valence-electron chi connectivity index (χ1n) is 23.4. The van der Waals surface area contributed by atoms with Crippen molar-refractivity contribution >= 4 is 74.9 Å². The van der Waals surface area contributed by atoms with Crippen LogP contribution in [-0.4, -0.2) is 128 Å².